The zero-order valence-electron chi connectivity index (χ0n) is 20.5. The van der Waals surface area contributed by atoms with E-state index in [0.29, 0.717) is 60.8 Å². The molecule has 0 unspecified atom stereocenters. The number of benzene rings is 2. The van der Waals surface area contributed by atoms with Gasteiger partial charge in [-0.25, -0.2) is 4.39 Å². The van der Waals surface area contributed by atoms with Crippen LogP contribution in [0.3, 0.4) is 0 Å². The Bertz CT molecular complexity index is 1260. The van der Waals surface area contributed by atoms with Gasteiger partial charge in [-0.2, -0.15) is 0 Å². The third-order valence-corrected chi connectivity index (χ3v) is 5.91. The summed E-state index contributed by atoms with van der Waals surface area (Å²) in [7, 11) is 1.45. The summed E-state index contributed by atoms with van der Waals surface area (Å²) in [5.74, 6) is -0.350. The average molecular weight is 509 g/mol. The molecule has 1 aromatic heterocycles. The van der Waals surface area contributed by atoms with Crippen molar-refractivity contribution >= 4 is 17.7 Å². The van der Waals surface area contributed by atoms with Gasteiger partial charge >= 0.3 is 0 Å². The normalized spacial score (nSPS) is 15.4. The van der Waals surface area contributed by atoms with Crippen LogP contribution in [0.1, 0.15) is 45.7 Å². The molecule has 194 valence electrons. The van der Waals surface area contributed by atoms with Crippen molar-refractivity contribution in [2.24, 2.45) is 0 Å². The van der Waals surface area contributed by atoms with Crippen molar-refractivity contribution < 1.29 is 28.2 Å². The second-order valence-electron chi connectivity index (χ2n) is 8.63. The molecule has 2 aliphatic rings. The number of methoxy groups -OCH3 is 1. The van der Waals surface area contributed by atoms with Gasteiger partial charge in [-0.3, -0.25) is 14.4 Å². The highest BCUT2D eigenvalue weighted by atomic mass is 19.1. The Kier molecular flexibility index (Phi) is 8.40. The fourth-order valence-electron chi connectivity index (χ4n) is 4.04. The van der Waals surface area contributed by atoms with Gasteiger partial charge in [-0.05, 0) is 60.9 Å². The van der Waals surface area contributed by atoms with E-state index in [0.717, 1.165) is 0 Å². The van der Waals surface area contributed by atoms with E-state index in [1.54, 1.807) is 47.5 Å². The molecule has 10 heteroatoms. The number of nitrogens with zero attached hydrogens (tertiary/aromatic N) is 1. The molecule has 37 heavy (non-hydrogen) atoms. The first-order valence-corrected chi connectivity index (χ1v) is 12.1. The van der Waals surface area contributed by atoms with Gasteiger partial charge in [-0.1, -0.05) is 0 Å². The van der Waals surface area contributed by atoms with Crippen molar-refractivity contribution in [3.8, 4) is 17.2 Å². The number of ether oxygens (including phenoxy) is 2. The molecule has 4 bridgehead atoms. The second kappa shape index (κ2) is 12.1. The molecule has 0 radical (unpaired) electrons. The maximum atomic E-state index is 14.3. The van der Waals surface area contributed by atoms with E-state index >= 15 is 0 Å². The minimum atomic E-state index is -0.516. The molecule has 2 aliphatic heterocycles. The minimum absolute atomic E-state index is 0.119. The van der Waals surface area contributed by atoms with E-state index in [-0.39, 0.29) is 36.4 Å². The predicted molar refractivity (Wildman–Crippen MR) is 134 cm³/mol. The van der Waals surface area contributed by atoms with Crippen LogP contribution in [0.15, 0.2) is 54.7 Å². The van der Waals surface area contributed by atoms with Gasteiger partial charge in [0.15, 0.2) is 11.5 Å². The Labute approximate surface area is 214 Å². The lowest BCUT2D eigenvalue weighted by molar-refractivity contribution is -0.121. The predicted octanol–water partition coefficient (Wildman–Crippen LogP) is 3.63. The highest BCUT2D eigenvalue weighted by Gasteiger charge is 2.18. The van der Waals surface area contributed by atoms with Gasteiger partial charge in [0, 0.05) is 50.4 Å². The molecule has 3 heterocycles. The molecule has 2 aromatic carbocycles. The van der Waals surface area contributed by atoms with Crippen LogP contribution in [0.4, 0.5) is 4.39 Å². The maximum Gasteiger partial charge on any atom is 0.270 e. The molecule has 0 saturated carbocycles. The summed E-state index contributed by atoms with van der Waals surface area (Å²) in [5.41, 5.74) is 1.36. The molecule has 0 atom stereocenters. The molecule has 0 spiro atoms. The second-order valence-corrected chi connectivity index (χ2v) is 8.63. The Morgan fingerprint density at radius 2 is 1.89 bits per heavy atom. The molecule has 3 amide bonds. The lowest BCUT2D eigenvalue weighted by Gasteiger charge is -2.22. The SMILES string of the molecule is COc1cc2ccc1Oc1cc(F)cc(c1)CNC(=O)CCCN(C(=O)c1ccc[nH]1)CCCNC2=O. The number of halogens is 1. The largest absolute Gasteiger partial charge is 0.493 e. The van der Waals surface area contributed by atoms with Crippen molar-refractivity contribution in [3.63, 3.8) is 0 Å². The Hall–Kier alpha value is -4.34. The van der Waals surface area contributed by atoms with Gasteiger partial charge < -0.3 is 30.0 Å². The Morgan fingerprint density at radius 1 is 1.05 bits per heavy atom. The van der Waals surface area contributed by atoms with Gasteiger partial charge in [-0.15, -0.1) is 0 Å². The van der Waals surface area contributed by atoms with Crippen LogP contribution >= 0.6 is 0 Å². The van der Waals surface area contributed by atoms with Gasteiger partial charge in [0.2, 0.25) is 5.91 Å². The summed E-state index contributed by atoms with van der Waals surface area (Å²) < 4.78 is 25.5. The lowest BCUT2D eigenvalue weighted by atomic mass is 10.1. The van der Waals surface area contributed by atoms with E-state index in [2.05, 4.69) is 15.6 Å². The van der Waals surface area contributed by atoms with E-state index in [9.17, 15) is 18.8 Å². The van der Waals surface area contributed by atoms with Crippen molar-refractivity contribution in [3.05, 3.63) is 77.4 Å². The lowest BCUT2D eigenvalue weighted by Crippen LogP contribution is -2.36. The number of carbonyl (C=O) groups excluding carboxylic acids is 3. The molecule has 5 rings (SSSR count). The van der Waals surface area contributed by atoms with Crippen LogP contribution in [0.25, 0.3) is 0 Å². The fourth-order valence-corrected chi connectivity index (χ4v) is 4.04. The minimum Gasteiger partial charge on any atom is -0.493 e. The molecule has 0 saturated heterocycles. The first-order valence-electron chi connectivity index (χ1n) is 12.1. The first-order chi connectivity index (χ1) is 17.9. The van der Waals surface area contributed by atoms with Crippen molar-refractivity contribution in [1.29, 1.82) is 0 Å². The number of fused-ring (bicyclic) bond motifs is 13. The Balaban J connectivity index is 1.56. The number of hydrogen-bond acceptors (Lipinski definition) is 5. The fraction of sp³-hybridized carbons (Fsp3) is 0.296. The molecule has 3 N–H and O–H groups in total. The van der Waals surface area contributed by atoms with Gasteiger partial charge in [0.25, 0.3) is 11.8 Å². The van der Waals surface area contributed by atoms with E-state index in [4.69, 9.17) is 9.47 Å². The van der Waals surface area contributed by atoms with Gasteiger partial charge in [0.05, 0.1) is 7.11 Å². The van der Waals surface area contributed by atoms with Crippen LogP contribution in [0.2, 0.25) is 0 Å². The summed E-state index contributed by atoms with van der Waals surface area (Å²) >= 11 is 0. The number of H-pyrrole nitrogens is 1. The number of hydrogen-bond donors (Lipinski definition) is 3. The number of nitrogens with one attached hydrogen (secondary N) is 3. The van der Waals surface area contributed by atoms with Gasteiger partial charge in [0.1, 0.15) is 17.3 Å². The summed E-state index contributed by atoms with van der Waals surface area (Å²) in [5, 5.41) is 5.64. The summed E-state index contributed by atoms with van der Waals surface area (Å²) in [6.45, 7) is 1.24. The molecule has 0 fully saturated rings. The number of rotatable bonds is 2. The highest BCUT2D eigenvalue weighted by Crippen LogP contribution is 2.33. The first kappa shape index (κ1) is 25.7. The van der Waals surface area contributed by atoms with Crippen molar-refractivity contribution in [2.45, 2.75) is 25.8 Å². The highest BCUT2D eigenvalue weighted by molar-refractivity contribution is 5.95. The monoisotopic (exact) mass is 508 g/mol. The maximum absolute atomic E-state index is 14.3. The third kappa shape index (κ3) is 6.87. The average Bonchev–Trinajstić information content (AvgIpc) is 3.43. The quantitative estimate of drug-likeness (QED) is 0.489. The zero-order valence-corrected chi connectivity index (χ0v) is 20.5. The number of carbonyl (C=O) groups is 3. The number of aromatic nitrogens is 1. The van der Waals surface area contributed by atoms with Crippen LogP contribution in [-0.2, 0) is 11.3 Å². The van der Waals surface area contributed by atoms with E-state index in [1.807, 2.05) is 0 Å². The summed E-state index contributed by atoms with van der Waals surface area (Å²) in [6, 6.07) is 12.3. The third-order valence-electron chi connectivity index (χ3n) is 5.91. The zero-order chi connectivity index (χ0) is 26.2. The smallest absolute Gasteiger partial charge is 0.270 e. The van der Waals surface area contributed by atoms with E-state index in [1.165, 1.54) is 19.2 Å². The molecule has 3 aromatic rings. The number of aromatic amines is 1. The van der Waals surface area contributed by atoms with E-state index < -0.39 is 5.82 Å². The standard InChI is InChI=1S/C27H29FN4O5/c1-36-24-15-19-7-8-23(24)37-21-14-18(13-20(28)16-21)17-31-25(33)6-3-11-32(12-4-10-30-26(19)34)27(35)22-5-2-9-29-22/h2,5,7-9,13-16,29H,3-4,6,10-12,17H2,1H3,(H,30,34)(H,31,33). The van der Waals surface area contributed by atoms with Crippen LogP contribution in [0.5, 0.6) is 17.2 Å². The van der Waals surface area contributed by atoms with Crippen LogP contribution in [-0.4, -0.2) is 54.3 Å². The van der Waals surface area contributed by atoms with Crippen LogP contribution < -0.4 is 20.1 Å². The molecular weight excluding hydrogens is 479 g/mol. The summed E-state index contributed by atoms with van der Waals surface area (Å²) in [6.07, 6.45) is 2.86. The topological polar surface area (TPSA) is 113 Å². The number of amides is 3. The van der Waals surface area contributed by atoms with Crippen LogP contribution in [0, 0.1) is 5.82 Å². The van der Waals surface area contributed by atoms with Crippen molar-refractivity contribution in [2.75, 3.05) is 26.7 Å². The summed E-state index contributed by atoms with van der Waals surface area (Å²) in [4.78, 5) is 42.6. The molecule has 9 nitrogen and oxygen atoms in total. The Morgan fingerprint density at radius 3 is 2.68 bits per heavy atom. The van der Waals surface area contributed by atoms with Crippen molar-refractivity contribution in [1.82, 2.24) is 20.5 Å². The molecular formula is C27H29FN4O5. The molecule has 0 aliphatic carbocycles.